The maximum Gasteiger partial charge on any atom is 0.326 e. The zero-order valence-electron chi connectivity index (χ0n) is 42.1. The quantitative estimate of drug-likeness (QED) is 0.0159. The third kappa shape index (κ3) is 26.9. The summed E-state index contributed by atoms with van der Waals surface area (Å²) in [6.07, 6.45) is -3.39. The van der Waals surface area contributed by atoms with Crippen LogP contribution in [0.1, 0.15) is 106 Å². The Morgan fingerprint density at radius 3 is 1.23 bits per heavy atom. The second-order valence-corrected chi connectivity index (χ2v) is 18.4. The maximum absolute atomic E-state index is 13.8. The van der Waals surface area contributed by atoms with Crippen molar-refractivity contribution < 1.29 is 72.5 Å². The highest BCUT2D eigenvalue weighted by Crippen LogP contribution is 2.11. The molecule has 0 aromatic carbocycles. The Hall–Kier alpha value is -7.66. The van der Waals surface area contributed by atoms with Crippen molar-refractivity contribution in [1.82, 2.24) is 42.5 Å². The molecular formula is C43H75N15O15. The molecule has 0 saturated heterocycles. The lowest BCUT2D eigenvalue weighted by molar-refractivity contribution is -0.143. The number of nitrogens with two attached hydrogens (primary N) is 6. The first-order chi connectivity index (χ1) is 33.7. The van der Waals surface area contributed by atoms with Crippen molar-refractivity contribution in [2.75, 3.05) is 6.54 Å². The van der Waals surface area contributed by atoms with Crippen LogP contribution in [-0.2, 0) is 62.3 Å². The van der Waals surface area contributed by atoms with Crippen molar-refractivity contribution in [2.45, 2.75) is 161 Å². The normalized spacial score (nSPS) is 14.7. The molecule has 0 aromatic rings. The summed E-state index contributed by atoms with van der Waals surface area (Å²) in [7, 11) is 0. The van der Waals surface area contributed by atoms with Crippen LogP contribution in [0.25, 0.3) is 0 Å². The van der Waals surface area contributed by atoms with Crippen LogP contribution in [0.2, 0.25) is 0 Å². The van der Waals surface area contributed by atoms with E-state index in [1.165, 1.54) is 13.8 Å². The summed E-state index contributed by atoms with van der Waals surface area (Å²) in [5, 5.41) is 37.4. The minimum atomic E-state index is -1.84. The van der Waals surface area contributed by atoms with Crippen LogP contribution in [0.5, 0.6) is 0 Å². The number of hydrogen-bond donors (Lipinski definition) is 16. The molecule has 0 unspecified atom stereocenters. The van der Waals surface area contributed by atoms with E-state index in [0.717, 1.165) is 6.92 Å². The highest BCUT2D eigenvalue weighted by atomic mass is 16.4. The summed E-state index contributed by atoms with van der Waals surface area (Å²) in [6.45, 7) is 11.1. The number of carboxylic acids is 2. The molecule has 0 aliphatic carbocycles. The van der Waals surface area contributed by atoms with E-state index in [0.29, 0.717) is 6.42 Å². The van der Waals surface area contributed by atoms with Crippen molar-refractivity contribution in [3.8, 4) is 0 Å². The number of carbonyl (C=O) groups excluding carboxylic acids is 11. The Balaban J connectivity index is 6.37. The fourth-order valence-corrected chi connectivity index (χ4v) is 6.64. The second kappa shape index (κ2) is 32.3. The van der Waals surface area contributed by atoms with Crippen molar-refractivity contribution in [1.29, 1.82) is 0 Å². The molecule has 0 fully saturated rings. The molecule has 0 spiro atoms. The van der Waals surface area contributed by atoms with Crippen molar-refractivity contribution in [3.63, 3.8) is 0 Å². The predicted octanol–water partition coefficient (Wildman–Crippen LogP) is -6.41. The molecule has 73 heavy (non-hydrogen) atoms. The number of amides is 11. The Morgan fingerprint density at radius 1 is 0.452 bits per heavy atom. The van der Waals surface area contributed by atoms with Gasteiger partial charge in [0.1, 0.15) is 48.3 Å². The Labute approximate surface area is 421 Å². The molecule has 30 heteroatoms. The number of aliphatic carboxylic acids is 2. The average molecular weight is 1040 g/mol. The lowest BCUT2D eigenvalue weighted by Gasteiger charge is -2.28. The number of aliphatic imine (C=N–C) groups is 1. The van der Waals surface area contributed by atoms with E-state index in [-0.39, 0.29) is 43.6 Å². The lowest BCUT2D eigenvalue weighted by atomic mass is 10.0. The molecule has 0 aromatic heterocycles. The van der Waals surface area contributed by atoms with Gasteiger partial charge in [-0.05, 0) is 56.8 Å². The summed E-state index contributed by atoms with van der Waals surface area (Å²) in [5.41, 5.74) is 32.6. The van der Waals surface area contributed by atoms with Gasteiger partial charge in [0.15, 0.2) is 5.96 Å². The summed E-state index contributed by atoms with van der Waals surface area (Å²) in [4.78, 5) is 171. The number of guanidine groups is 1. The first-order valence-electron chi connectivity index (χ1n) is 23.3. The van der Waals surface area contributed by atoms with Crippen molar-refractivity contribution in [2.24, 2.45) is 57.1 Å². The van der Waals surface area contributed by atoms with Crippen LogP contribution in [0.15, 0.2) is 4.99 Å². The smallest absolute Gasteiger partial charge is 0.326 e. The van der Waals surface area contributed by atoms with E-state index in [2.05, 4.69) is 47.5 Å². The summed E-state index contributed by atoms with van der Waals surface area (Å²) >= 11 is 0. The summed E-state index contributed by atoms with van der Waals surface area (Å²) in [6, 6.07) is -14.0. The van der Waals surface area contributed by atoms with Gasteiger partial charge in [0, 0.05) is 13.0 Å². The van der Waals surface area contributed by atoms with Crippen LogP contribution in [-0.4, -0.2) is 154 Å². The van der Waals surface area contributed by atoms with Gasteiger partial charge in [-0.25, -0.2) is 4.79 Å². The number of hydrogen-bond acceptors (Lipinski definition) is 15. The maximum atomic E-state index is 13.8. The SMILES string of the molecule is CC(C)C[C@H](NC(=O)[C@H](CC(N)=O)NC(=O)[C@H](CC(N)=O)NC(=O)[C@H](C)NC(=O)[C@@H](NC(=O)[C@H](CCC(=O)O)NC(=O)[C@H](CC(N)=O)NC(=O)[C@H](CC(C)C)NC(=O)[C@@H](N)CCCN=C(N)N)C(C)C)C(=O)O. The number of rotatable bonds is 35. The van der Waals surface area contributed by atoms with Gasteiger partial charge in [0.2, 0.25) is 65.0 Å². The Morgan fingerprint density at radius 2 is 0.836 bits per heavy atom. The average Bonchev–Trinajstić information content (AvgIpc) is 3.25. The van der Waals surface area contributed by atoms with Crippen LogP contribution in [0, 0.1) is 17.8 Å². The molecule has 0 heterocycles. The minimum Gasteiger partial charge on any atom is -0.481 e. The highest BCUT2D eigenvalue weighted by Gasteiger charge is 2.36. The van der Waals surface area contributed by atoms with Gasteiger partial charge in [-0.3, -0.25) is 62.5 Å². The zero-order valence-corrected chi connectivity index (χ0v) is 42.1. The van der Waals surface area contributed by atoms with E-state index in [1.807, 2.05) is 0 Å². The molecule has 0 aliphatic heterocycles. The molecule has 0 radical (unpaired) electrons. The molecule has 22 N–H and O–H groups in total. The van der Waals surface area contributed by atoms with E-state index in [9.17, 15) is 72.5 Å². The summed E-state index contributed by atoms with van der Waals surface area (Å²) in [5.74, 6) is -16.0. The number of nitrogens with one attached hydrogen (secondary N) is 8. The fraction of sp³-hybridized carbons (Fsp3) is 0.674. The monoisotopic (exact) mass is 1040 g/mol. The minimum absolute atomic E-state index is 0.0297. The predicted molar refractivity (Wildman–Crippen MR) is 259 cm³/mol. The van der Waals surface area contributed by atoms with E-state index < -0.39 is 169 Å². The Bertz CT molecular complexity index is 2030. The lowest BCUT2D eigenvalue weighted by Crippen LogP contribution is -2.61. The molecule has 30 nitrogen and oxygen atoms in total. The molecule has 412 valence electrons. The molecule has 0 bridgehead atoms. The molecule has 0 rings (SSSR count). The van der Waals surface area contributed by atoms with E-state index >= 15 is 0 Å². The molecule has 0 saturated carbocycles. The van der Waals surface area contributed by atoms with E-state index in [1.54, 1.807) is 27.7 Å². The van der Waals surface area contributed by atoms with Gasteiger partial charge in [0.05, 0.1) is 25.3 Å². The fourth-order valence-electron chi connectivity index (χ4n) is 6.64. The standard InChI is InChI=1S/C43H75N15O15/c1-18(2)13-24(54-35(65)22(44)9-8-12-50-43(48)49)37(67)55-26(16-30(46)60)38(68)52-23(10-11-32(62)63)36(66)58-33(20(5)6)41(71)51-21(7)34(64)53-25(15-29(45)59)39(69)56-27(17-31(47)61)40(70)57-28(42(72)73)14-19(3)4/h18-28,33H,8-17,44H2,1-7H3,(H2,45,59)(H2,46,60)(H2,47,61)(H,51,71)(H,52,68)(H,53,64)(H,54,65)(H,55,67)(H,56,69)(H,57,70)(H,58,66)(H,62,63)(H,72,73)(H4,48,49,50)/t21-,22-,23-,24-,25-,26-,27-,28-,33-/m0/s1. The second-order valence-electron chi connectivity index (χ2n) is 18.4. The van der Waals surface area contributed by atoms with Gasteiger partial charge < -0.3 is 87.1 Å². The number of primary amides is 3. The van der Waals surface area contributed by atoms with Gasteiger partial charge in [-0.2, -0.15) is 0 Å². The zero-order chi connectivity index (χ0) is 56.4. The van der Waals surface area contributed by atoms with Gasteiger partial charge in [-0.1, -0.05) is 41.5 Å². The highest BCUT2D eigenvalue weighted by molar-refractivity contribution is 6.00. The van der Waals surface area contributed by atoms with Crippen LogP contribution >= 0.6 is 0 Å². The summed E-state index contributed by atoms with van der Waals surface area (Å²) < 4.78 is 0. The van der Waals surface area contributed by atoms with Crippen LogP contribution < -0.4 is 76.9 Å². The first-order valence-corrected chi connectivity index (χ1v) is 23.3. The number of carboxylic acid groups (broad SMARTS) is 2. The molecule has 0 aliphatic rings. The first kappa shape index (κ1) is 65.3. The van der Waals surface area contributed by atoms with Crippen LogP contribution in [0.3, 0.4) is 0 Å². The van der Waals surface area contributed by atoms with Crippen molar-refractivity contribution >= 4 is 82.9 Å². The van der Waals surface area contributed by atoms with Gasteiger partial charge in [0.25, 0.3) is 0 Å². The third-order valence-corrected chi connectivity index (χ3v) is 10.4. The molecular weight excluding hydrogens is 967 g/mol. The number of carbonyl (C=O) groups is 13. The molecule has 11 amide bonds. The molecule has 9 atom stereocenters. The third-order valence-electron chi connectivity index (χ3n) is 10.4. The van der Waals surface area contributed by atoms with Gasteiger partial charge >= 0.3 is 11.9 Å². The number of nitrogens with zero attached hydrogens (tertiary/aromatic N) is 1. The van der Waals surface area contributed by atoms with Gasteiger partial charge in [-0.15, -0.1) is 0 Å². The van der Waals surface area contributed by atoms with Crippen molar-refractivity contribution in [3.05, 3.63) is 0 Å². The largest absolute Gasteiger partial charge is 0.481 e. The van der Waals surface area contributed by atoms with Crippen LogP contribution in [0.4, 0.5) is 0 Å². The Kier molecular flexibility index (Phi) is 28.9. The van der Waals surface area contributed by atoms with E-state index in [4.69, 9.17) is 34.4 Å². The topological polar surface area (TPSA) is 527 Å².